The molecule has 0 saturated heterocycles. The Bertz CT molecular complexity index is 347. The Hall–Kier alpha value is -1.09. The Morgan fingerprint density at radius 1 is 1.53 bits per heavy atom. The lowest BCUT2D eigenvalue weighted by Gasteiger charge is -2.26. The molecule has 3 nitrogen and oxygen atoms in total. The molecule has 82 valence electrons. The first-order chi connectivity index (χ1) is 6.96. The van der Waals surface area contributed by atoms with Crippen LogP contribution in [0.5, 0.6) is 0 Å². The van der Waals surface area contributed by atoms with E-state index in [0.29, 0.717) is 12.5 Å². The average molecular weight is 206 g/mol. The molecule has 3 heteroatoms. The van der Waals surface area contributed by atoms with Gasteiger partial charge in [-0.15, -0.1) is 0 Å². The highest BCUT2D eigenvalue weighted by molar-refractivity contribution is 5.96. The first-order valence-electron chi connectivity index (χ1n) is 5.40. The van der Waals surface area contributed by atoms with Crippen LogP contribution < -0.4 is 0 Å². The van der Waals surface area contributed by atoms with Crippen molar-refractivity contribution in [3.05, 3.63) is 23.9 Å². The molecule has 0 aromatic heterocycles. The van der Waals surface area contributed by atoms with Gasteiger partial charge in [0.15, 0.2) is 0 Å². The largest absolute Gasteiger partial charge is 0.390 e. The van der Waals surface area contributed by atoms with E-state index in [1.54, 1.807) is 0 Å². The maximum atomic E-state index is 9.75. The number of hydrogen-bond donors (Lipinski definition) is 1. The quantitative estimate of drug-likeness (QED) is 0.746. The highest BCUT2D eigenvalue weighted by Gasteiger charge is 2.24. The van der Waals surface area contributed by atoms with Crippen molar-refractivity contribution in [1.82, 2.24) is 4.90 Å². The van der Waals surface area contributed by atoms with Crippen molar-refractivity contribution in [3.63, 3.8) is 0 Å². The van der Waals surface area contributed by atoms with Gasteiger partial charge < -0.3 is 10.0 Å². The Morgan fingerprint density at radius 3 is 2.93 bits per heavy atom. The van der Waals surface area contributed by atoms with E-state index in [1.165, 1.54) is 0 Å². The highest BCUT2D eigenvalue weighted by atomic mass is 16.3. The van der Waals surface area contributed by atoms with E-state index in [2.05, 4.69) is 23.0 Å². The first kappa shape index (κ1) is 10.4. The number of fused-ring (bicyclic) bond motifs is 1. The van der Waals surface area contributed by atoms with Crippen molar-refractivity contribution in [3.8, 4) is 0 Å². The predicted octanol–water partition coefficient (Wildman–Crippen LogP) is 1.70. The van der Waals surface area contributed by atoms with Crippen LogP contribution >= 0.6 is 0 Å². The third-order valence-electron chi connectivity index (χ3n) is 2.65. The molecule has 1 N–H and O–H groups in total. The zero-order valence-electron chi connectivity index (χ0n) is 9.57. The summed E-state index contributed by atoms with van der Waals surface area (Å²) in [5.74, 6) is 1.04. The summed E-state index contributed by atoms with van der Waals surface area (Å²) in [5.41, 5.74) is 0.517. The van der Waals surface area contributed by atoms with E-state index in [4.69, 9.17) is 0 Å². The van der Waals surface area contributed by atoms with Gasteiger partial charge in [0, 0.05) is 12.6 Å². The van der Waals surface area contributed by atoms with Crippen LogP contribution in [0.4, 0.5) is 0 Å². The maximum absolute atomic E-state index is 9.75. The summed E-state index contributed by atoms with van der Waals surface area (Å²) in [6.07, 6.45) is 6.87. The van der Waals surface area contributed by atoms with Crippen molar-refractivity contribution in [2.24, 2.45) is 4.99 Å². The van der Waals surface area contributed by atoms with Crippen LogP contribution in [0.25, 0.3) is 0 Å². The summed E-state index contributed by atoms with van der Waals surface area (Å²) in [6, 6.07) is 0.446. The Balaban J connectivity index is 2.14. The lowest BCUT2D eigenvalue weighted by Crippen LogP contribution is -2.31. The number of aliphatic imine (C=N–C) groups is 1. The van der Waals surface area contributed by atoms with Gasteiger partial charge in [0.1, 0.15) is 5.84 Å². The topological polar surface area (TPSA) is 35.8 Å². The molecule has 2 heterocycles. The van der Waals surface area contributed by atoms with E-state index >= 15 is 0 Å². The van der Waals surface area contributed by atoms with Crippen LogP contribution in [0.1, 0.15) is 27.2 Å². The molecule has 2 aliphatic heterocycles. The summed E-state index contributed by atoms with van der Waals surface area (Å²) in [5, 5.41) is 9.75. The van der Waals surface area contributed by atoms with Crippen LogP contribution in [-0.2, 0) is 0 Å². The van der Waals surface area contributed by atoms with Gasteiger partial charge in [-0.05, 0) is 32.4 Å². The monoisotopic (exact) mass is 206 g/mol. The second-order valence-corrected chi connectivity index (χ2v) is 4.98. The number of allylic oxidation sites excluding steroid dienone is 1. The lowest BCUT2D eigenvalue weighted by atomic mass is 9.97. The zero-order valence-corrected chi connectivity index (χ0v) is 9.57. The van der Waals surface area contributed by atoms with Gasteiger partial charge in [-0.3, -0.25) is 4.99 Å². The van der Waals surface area contributed by atoms with Crippen LogP contribution in [-0.4, -0.2) is 34.0 Å². The minimum Gasteiger partial charge on any atom is -0.390 e. The molecule has 0 saturated carbocycles. The number of aliphatic hydroxyl groups is 1. The molecule has 2 rings (SSSR count). The van der Waals surface area contributed by atoms with E-state index < -0.39 is 5.60 Å². The number of hydrogen-bond acceptors (Lipinski definition) is 3. The van der Waals surface area contributed by atoms with Crippen molar-refractivity contribution in [1.29, 1.82) is 0 Å². The fourth-order valence-electron chi connectivity index (χ4n) is 1.96. The third kappa shape index (κ3) is 2.29. The van der Waals surface area contributed by atoms with Gasteiger partial charge in [-0.1, -0.05) is 6.08 Å². The standard InChI is InChI=1S/C12H18N2O/c1-9-7-13-11-5-4-10(8-14(9)11)6-12(2,3)15/h4-5,8-9,15H,6-7H2,1-3H3. The first-order valence-corrected chi connectivity index (χ1v) is 5.40. The van der Waals surface area contributed by atoms with E-state index in [-0.39, 0.29) is 0 Å². The molecular weight excluding hydrogens is 188 g/mol. The lowest BCUT2D eigenvalue weighted by molar-refractivity contribution is 0.0814. The van der Waals surface area contributed by atoms with E-state index in [0.717, 1.165) is 18.0 Å². The van der Waals surface area contributed by atoms with Crippen LogP contribution in [0.2, 0.25) is 0 Å². The normalized spacial score (nSPS) is 25.1. The Kier molecular flexibility index (Phi) is 2.43. The summed E-state index contributed by atoms with van der Waals surface area (Å²) in [7, 11) is 0. The summed E-state index contributed by atoms with van der Waals surface area (Å²) < 4.78 is 0. The van der Waals surface area contributed by atoms with Crippen LogP contribution in [0.15, 0.2) is 28.9 Å². The molecule has 0 aliphatic carbocycles. The van der Waals surface area contributed by atoms with Crippen molar-refractivity contribution < 1.29 is 5.11 Å². The summed E-state index contributed by atoms with van der Waals surface area (Å²) >= 11 is 0. The fourth-order valence-corrected chi connectivity index (χ4v) is 1.96. The fraction of sp³-hybridized carbons (Fsp3) is 0.583. The molecule has 0 amide bonds. The van der Waals surface area contributed by atoms with Crippen LogP contribution in [0, 0.1) is 0 Å². The Morgan fingerprint density at radius 2 is 2.27 bits per heavy atom. The summed E-state index contributed by atoms with van der Waals surface area (Å²) in [4.78, 5) is 6.60. The van der Waals surface area contributed by atoms with Crippen LogP contribution in [0.3, 0.4) is 0 Å². The van der Waals surface area contributed by atoms with Gasteiger partial charge in [-0.25, -0.2) is 0 Å². The molecular formula is C12H18N2O. The van der Waals surface area contributed by atoms with Crippen molar-refractivity contribution in [2.45, 2.75) is 38.8 Å². The third-order valence-corrected chi connectivity index (χ3v) is 2.65. The minimum absolute atomic E-state index is 0.446. The molecule has 0 spiro atoms. The maximum Gasteiger partial charge on any atom is 0.127 e. The van der Waals surface area contributed by atoms with Gasteiger partial charge >= 0.3 is 0 Å². The molecule has 0 radical (unpaired) electrons. The van der Waals surface area contributed by atoms with E-state index in [9.17, 15) is 5.11 Å². The van der Waals surface area contributed by atoms with Gasteiger partial charge in [-0.2, -0.15) is 0 Å². The average Bonchev–Trinajstić information content (AvgIpc) is 2.45. The molecule has 0 aromatic carbocycles. The van der Waals surface area contributed by atoms with Gasteiger partial charge in [0.25, 0.3) is 0 Å². The SMILES string of the molecule is CC1CN=C2C=CC(CC(C)(C)O)=CN21. The van der Waals surface area contributed by atoms with Crippen molar-refractivity contribution in [2.75, 3.05) is 6.54 Å². The Labute approximate surface area is 90.8 Å². The minimum atomic E-state index is -0.645. The van der Waals surface area contributed by atoms with Crippen molar-refractivity contribution >= 4 is 5.84 Å². The predicted molar refractivity (Wildman–Crippen MR) is 61.7 cm³/mol. The van der Waals surface area contributed by atoms with E-state index in [1.807, 2.05) is 26.0 Å². The zero-order chi connectivity index (χ0) is 11.1. The van der Waals surface area contributed by atoms with Gasteiger partial charge in [0.05, 0.1) is 18.2 Å². The number of rotatable bonds is 2. The molecule has 2 aliphatic rings. The number of nitrogens with zero attached hydrogens (tertiary/aromatic N) is 2. The smallest absolute Gasteiger partial charge is 0.127 e. The molecule has 1 unspecified atom stereocenters. The molecule has 1 atom stereocenters. The molecule has 15 heavy (non-hydrogen) atoms. The van der Waals surface area contributed by atoms with Gasteiger partial charge in [0.2, 0.25) is 0 Å². The molecule has 0 fully saturated rings. The second-order valence-electron chi connectivity index (χ2n) is 4.98. The number of amidine groups is 1. The molecule has 0 bridgehead atoms. The second kappa shape index (κ2) is 3.49. The summed E-state index contributed by atoms with van der Waals surface area (Å²) in [6.45, 7) is 6.69. The highest BCUT2D eigenvalue weighted by Crippen LogP contribution is 2.23. The molecule has 0 aromatic rings.